The molecule has 0 aliphatic carbocycles. The van der Waals surface area contributed by atoms with E-state index in [0.717, 1.165) is 11.1 Å². The van der Waals surface area contributed by atoms with E-state index in [4.69, 9.17) is 9.47 Å². The van der Waals surface area contributed by atoms with Crippen LogP contribution < -0.4 is 0 Å². The molecule has 1 amide bonds. The van der Waals surface area contributed by atoms with E-state index in [1.165, 1.54) is 7.11 Å². The summed E-state index contributed by atoms with van der Waals surface area (Å²) in [5.41, 5.74) is 3.34. The molecule has 5 heteroatoms. The first-order valence-electron chi connectivity index (χ1n) is 7.88. The van der Waals surface area contributed by atoms with Gasteiger partial charge in [0.1, 0.15) is 0 Å². The molecular formula is C19H23NO4. The van der Waals surface area contributed by atoms with Crippen molar-refractivity contribution in [1.82, 2.24) is 4.90 Å². The van der Waals surface area contributed by atoms with Crippen molar-refractivity contribution >= 4 is 18.0 Å². The molecule has 0 saturated carbocycles. The number of hydrogen-bond donors (Lipinski definition) is 0. The van der Waals surface area contributed by atoms with Gasteiger partial charge in [-0.2, -0.15) is 0 Å². The third-order valence-electron chi connectivity index (χ3n) is 4.02. The average Bonchev–Trinajstić information content (AvgIpc) is 2.80. The van der Waals surface area contributed by atoms with Crippen LogP contribution in [0.4, 0.5) is 0 Å². The van der Waals surface area contributed by atoms with Gasteiger partial charge in [-0.25, -0.2) is 4.79 Å². The molecule has 0 aromatic heterocycles. The minimum Gasteiger partial charge on any atom is -0.465 e. The Hall–Kier alpha value is -2.40. The van der Waals surface area contributed by atoms with Gasteiger partial charge < -0.3 is 14.4 Å². The summed E-state index contributed by atoms with van der Waals surface area (Å²) >= 11 is 0. The lowest BCUT2D eigenvalue weighted by Gasteiger charge is -2.17. The number of amides is 1. The maximum Gasteiger partial charge on any atom is 0.340 e. The van der Waals surface area contributed by atoms with E-state index in [1.54, 1.807) is 25.0 Å². The topological polar surface area (TPSA) is 55.8 Å². The number of carbonyl (C=O) groups is 2. The van der Waals surface area contributed by atoms with Crippen molar-refractivity contribution in [3.05, 3.63) is 52.2 Å². The smallest absolute Gasteiger partial charge is 0.340 e. The van der Waals surface area contributed by atoms with Crippen LogP contribution in [0.25, 0.3) is 6.08 Å². The Bertz CT molecular complexity index is 686. The van der Waals surface area contributed by atoms with Crippen LogP contribution in [0, 0.1) is 6.92 Å². The van der Waals surface area contributed by atoms with Gasteiger partial charge in [0.05, 0.1) is 18.3 Å². The molecule has 2 rings (SSSR count). The third kappa shape index (κ3) is 3.74. The predicted octanol–water partition coefficient (Wildman–Crippen LogP) is 2.70. The molecule has 0 unspecified atom stereocenters. The number of hydrogen-bond acceptors (Lipinski definition) is 4. The Balaban J connectivity index is 2.39. The van der Waals surface area contributed by atoms with Crippen molar-refractivity contribution in [3.8, 4) is 0 Å². The predicted molar refractivity (Wildman–Crippen MR) is 92.1 cm³/mol. The molecular weight excluding hydrogens is 306 g/mol. The second kappa shape index (κ2) is 7.93. The first-order valence-corrected chi connectivity index (χ1v) is 7.88. The summed E-state index contributed by atoms with van der Waals surface area (Å²) in [7, 11) is 2.95. The van der Waals surface area contributed by atoms with Crippen molar-refractivity contribution in [2.75, 3.05) is 27.4 Å². The minimum atomic E-state index is -0.492. The minimum absolute atomic E-state index is 0.176. The zero-order valence-electron chi connectivity index (χ0n) is 14.6. The molecule has 0 atom stereocenters. The first-order chi connectivity index (χ1) is 11.5. The van der Waals surface area contributed by atoms with Crippen LogP contribution in [-0.4, -0.2) is 44.1 Å². The van der Waals surface area contributed by atoms with Gasteiger partial charge in [-0.15, -0.1) is 0 Å². The normalized spacial score (nSPS) is 16.2. The Kier molecular flexibility index (Phi) is 5.93. The van der Waals surface area contributed by atoms with E-state index in [-0.39, 0.29) is 5.91 Å². The second-order valence-corrected chi connectivity index (χ2v) is 5.72. The molecule has 0 N–H and O–H groups in total. The zero-order chi connectivity index (χ0) is 17.7. The molecule has 0 radical (unpaired) electrons. The van der Waals surface area contributed by atoms with E-state index in [9.17, 15) is 9.59 Å². The highest BCUT2D eigenvalue weighted by Crippen LogP contribution is 2.31. The molecule has 0 spiro atoms. The van der Waals surface area contributed by atoms with Crippen LogP contribution in [0.2, 0.25) is 0 Å². The first kappa shape index (κ1) is 17.9. The number of allylic oxidation sites excluding steroid dienone is 1. The summed E-state index contributed by atoms with van der Waals surface area (Å²) in [4.78, 5) is 26.6. The summed E-state index contributed by atoms with van der Waals surface area (Å²) < 4.78 is 9.91. The summed E-state index contributed by atoms with van der Waals surface area (Å²) in [6, 6.07) is 7.79. The summed E-state index contributed by atoms with van der Waals surface area (Å²) in [5, 5.41) is 0. The standard InChI is InChI=1S/C19H23NO4/c1-13-6-8-15(9-7-13)12-16-17(19(22)24-4)14(2)20(18(16)21)10-5-11-23-3/h6-9,12H,5,10-11H2,1-4H3/b16-12+. The molecule has 24 heavy (non-hydrogen) atoms. The summed E-state index contributed by atoms with van der Waals surface area (Å²) in [6.45, 7) is 4.83. The number of carbonyl (C=O) groups excluding carboxylic acids is 2. The van der Waals surface area contributed by atoms with Crippen LogP contribution in [0.5, 0.6) is 0 Å². The summed E-state index contributed by atoms with van der Waals surface area (Å²) in [5.74, 6) is -0.668. The van der Waals surface area contributed by atoms with Crippen LogP contribution >= 0.6 is 0 Å². The number of methoxy groups -OCH3 is 2. The number of nitrogens with zero attached hydrogens (tertiary/aromatic N) is 1. The molecule has 1 aliphatic rings. The lowest BCUT2D eigenvalue weighted by atomic mass is 10.0. The van der Waals surface area contributed by atoms with Gasteiger partial charge in [0, 0.05) is 26.0 Å². The molecule has 1 heterocycles. The number of ether oxygens (including phenoxy) is 2. The van der Waals surface area contributed by atoms with Crippen LogP contribution in [0.3, 0.4) is 0 Å². The van der Waals surface area contributed by atoms with E-state index >= 15 is 0 Å². The van der Waals surface area contributed by atoms with Crippen molar-refractivity contribution in [3.63, 3.8) is 0 Å². The zero-order valence-corrected chi connectivity index (χ0v) is 14.6. The maximum absolute atomic E-state index is 12.8. The van der Waals surface area contributed by atoms with Crippen molar-refractivity contribution in [2.24, 2.45) is 0 Å². The highest BCUT2D eigenvalue weighted by atomic mass is 16.5. The highest BCUT2D eigenvalue weighted by Gasteiger charge is 2.36. The average molecular weight is 329 g/mol. The van der Waals surface area contributed by atoms with Crippen LogP contribution in [0.1, 0.15) is 24.5 Å². The van der Waals surface area contributed by atoms with Crippen molar-refractivity contribution in [2.45, 2.75) is 20.3 Å². The quantitative estimate of drug-likeness (QED) is 0.457. The van der Waals surface area contributed by atoms with E-state index in [1.807, 2.05) is 31.2 Å². The Morgan fingerprint density at radius 1 is 1.17 bits per heavy atom. The largest absolute Gasteiger partial charge is 0.465 e. The Morgan fingerprint density at radius 3 is 2.42 bits per heavy atom. The van der Waals surface area contributed by atoms with Gasteiger partial charge >= 0.3 is 5.97 Å². The molecule has 0 fully saturated rings. The van der Waals surface area contributed by atoms with Gasteiger partial charge in [-0.05, 0) is 31.9 Å². The van der Waals surface area contributed by atoms with Gasteiger partial charge in [0.2, 0.25) is 0 Å². The van der Waals surface area contributed by atoms with Gasteiger partial charge in [0.15, 0.2) is 0 Å². The molecule has 5 nitrogen and oxygen atoms in total. The molecule has 1 aromatic rings. The molecule has 0 bridgehead atoms. The monoisotopic (exact) mass is 329 g/mol. The molecule has 1 aromatic carbocycles. The SMILES string of the molecule is COCCCN1C(=O)/C(=C/c2ccc(C)cc2)C(C(=O)OC)=C1C. The Morgan fingerprint density at radius 2 is 1.83 bits per heavy atom. The van der Waals surface area contributed by atoms with Crippen LogP contribution in [-0.2, 0) is 19.1 Å². The van der Waals surface area contributed by atoms with E-state index in [0.29, 0.717) is 36.4 Å². The highest BCUT2D eigenvalue weighted by molar-refractivity contribution is 6.16. The van der Waals surface area contributed by atoms with Gasteiger partial charge in [0.25, 0.3) is 5.91 Å². The molecule has 0 saturated heterocycles. The number of benzene rings is 1. The third-order valence-corrected chi connectivity index (χ3v) is 4.02. The fourth-order valence-electron chi connectivity index (χ4n) is 2.69. The number of rotatable bonds is 6. The van der Waals surface area contributed by atoms with Gasteiger partial charge in [-0.1, -0.05) is 29.8 Å². The van der Waals surface area contributed by atoms with E-state index in [2.05, 4.69) is 0 Å². The lowest BCUT2D eigenvalue weighted by Crippen LogP contribution is -2.26. The summed E-state index contributed by atoms with van der Waals surface area (Å²) in [6.07, 6.45) is 2.44. The van der Waals surface area contributed by atoms with Crippen molar-refractivity contribution < 1.29 is 19.1 Å². The fraction of sp³-hybridized carbons (Fsp3) is 0.368. The second-order valence-electron chi connectivity index (χ2n) is 5.72. The molecule has 1 aliphatic heterocycles. The van der Waals surface area contributed by atoms with E-state index < -0.39 is 5.97 Å². The molecule has 128 valence electrons. The Labute approximate surface area is 142 Å². The number of aryl methyl sites for hydroxylation is 1. The maximum atomic E-state index is 12.8. The van der Waals surface area contributed by atoms with Crippen molar-refractivity contribution in [1.29, 1.82) is 0 Å². The van der Waals surface area contributed by atoms with Crippen LogP contribution in [0.15, 0.2) is 41.1 Å². The fourth-order valence-corrected chi connectivity index (χ4v) is 2.69. The number of esters is 1. The lowest BCUT2D eigenvalue weighted by molar-refractivity contribution is -0.136. The van der Waals surface area contributed by atoms with Gasteiger partial charge in [-0.3, -0.25) is 4.79 Å².